The maximum Gasteiger partial charge on any atom is 0.446 e. The van der Waals surface area contributed by atoms with Crippen LogP contribution in [0.2, 0.25) is 0 Å². The Labute approximate surface area is 104 Å². The highest BCUT2D eigenvalue weighted by molar-refractivity contribution is 9.10. The van der Waals surface area contributed by atoms with Crippen LogP contribution in [0.25, 0.3) is 0 Å². The van der Waals surface area contributed by atoms with Crippen molar-refractivity contribution in [2.75, 3.05) is 5.73 Å². The molecule has 0 spiro atoms. The van der Waals surface area contributed by atoms with E-state index < -0.39 is 39.6 Å². The van der Waals surface area contributed by atoms with Gasteiger partial charge in [0.15, 0.2) is 0 Å². The van der Waals surface area contributed by atoms with Crippen molar-refractivity contribution in [1.82, 2.24) is 0 Å². The fourth-order valence-corrected chi connectivity index (χ4v) is 2.39. The lowest BCUT2D eigenvalue weighted by Gasteiger charge is -2.17. The largest absolute Gasteiger partial charge is 0.446 e. The molecule has 17 heavy (non-hydrogen) atoms. The molecule has 0 unspecified atom stereocenters. The Balaban J connectivity index is 3.41. The molecule has 0 aliphatic heterocycles. The van der Waals surface area contributed by atoms with E-state index in [1.807, 2.05) is 0 Å². The predicted octanol–water partition coefficient (Wildman–Crippen LogP) is 4.66. The van der Waals surface area contributed by atoms with E-state index >= 15 is 0 Å². The third-order valence-corrected chi connectivity index (χ3v) is 3.43. The number of hydrogen-bond donors (Lipinski definition) is 1. The first-order valence-electron chi connectivity index (χ1n) is 3.93. The molecule has 0 saturated heterocycles. The van der Waals surface area contributed by atoms with Gasteiger partial charge in [-0.2, -0.15) is 26.3 Å². The maximum absolute atomic E-state index is 12.6. The zero-order valence-corrected chi connectivity index (χ0v) is 10.2. The van der Waals surface area contributed by atoms with Gasteiger partial charge in [0.1, 0.15) is 0 Å². The van der Waals surface area contributed by atoms with Crippen molar-refractivity contribution in [2.45, 2.75) is 16.6 Å². The van der Waals surface area contributed by atoms with Crippen LogP contribution in [0, 0.1) is 0 Å². The highest BCUT2D eigenvalue weighted by Crippen LogP contribution is 2.48. The van der Waals surface area contributed by atoms with Gasteiger partial charge < -0.3 is 5.73 Å². The van der Waals surface area contributed by atoms with Crippen LogP contribution in [0.3, 0.4) is 0 Å². The summed E-state index contributed by atoms with van der Waals surface area (Å²) in [5.74, 6) is 0. The van der Waals surface area contributed by atoms with Crippen molar-refractivity contribution in [3.8, 4) is 0 Å². The lowest BCUT2D eigenvalue weighted by atomic mass is 10.2. The monoisotopic (exact) mass is 339 g/mol. The molecular formula is C8H4BrF6NS. The summed E-state index contributed by atoms with van der Waals surface area (Å²) in [5, 5.41) is 0. The Morgan fingerprint density at radius 2 is 1.59 bits per heavy atom. The highest BCUT2D eigenvalue weighted by Gasteiger charge is 2.41. The minimum absolute atomic E-state index is 0.304. The summed E-state index contributed by atoms with van der Waals surface area (Å²) < 4.78 is 73.9. The topological polar surface area (TPSA) is 26.0 Å². The maximum atomic E-state index is 12.6. The normalized spacial score (nSPS) is 12.9. The van der Waals surface area contributed by atoms with E-state index in [9.17, 15) is 26.3 Å². The second kappa shape index (κ2) is 4.60. The SMILES string of the molecule is Nc1ccc(Br)c(SC(F)(F)F)c1C(F)(F)F. The average molecular weight is 340 g/mol. The zero-order chi connectivity index (χ0) is 13.4. The summed E-state index contributed by atoms with van der Waals surface area (Å²) in [5.41, 5.74) is -1.97. The van der Waals surface area contributed by atoms with Gasteiger partial charge in [-0.25, -0.2) is 0 Å². The molecular weight excluding hydrogens is 336 g/mol. The van der Waals surface area contributed by atoms with Crippen LogP contribution in [-0.2, 0) is 6.18 Å². The van der Waals surface area contributed by atoms with Crippen LogP contribution in [-0.4, -0.2) is 5.51 Å². The van der Waals surface area contributed by atoms with E-state index in [1.165, 1.54) is 0 Å². The van der Waals surface area contributed by atoms with E-state index in [0.717, 1.165) is 12.1 Å². The Hall–Kier alpha value is -0.570. The molecule has 1 rings (SSSR count). The van der Waals surface area contributed by atoms with Crippen molar-refractivity contribution >= 4 is 33.4 Å². The lowest BCUT2D eigenvalue weighted by molar-refractivity contribution is -0.139. The minimum atomic E-state index is -4.94. The molecule has 0 aromatic heterocycles. The van der Waals surface area contributed by atoms with Crippen LogP contribution in [0.5, 0.6) is 0 Å². The van der Waals surface area contributed by atoms with Gasteiger partial charge in [-0.3, -0.25) is 0 Å². The molecule has 96 valence electrons. The van der Waals surface area contributed by atoms with Gasteiger partial charge in [0.25, 0.3) is 0 Å². The smallest absolute Gasteiger partial charge is 0.398 e. The molecule has 1 nitrogen and oxygen atoms in total. The summed E-state index contributed by atoms with van der Waals surface area (Å²) in [4.78, 5) is -0.981. The van der Waals surface area contributed by atoms with Crippen molar-refractivity contribution in [3.05, 3.63) is 22.2 Å². The molecule has 0 fully saturated rings. The standard InChI is InChI=1S/C8H4BrF6NS/c9-3-1-2-4(16)5(7(10,11)12)6(3)17-8(13,14)15/h1-2H,16H2. The summed E-state index contributed by atoms with van der Waals surface area (Å²) in [6.07, 6.45) is -4.94. The molecule has 0 radical (unpaired) electrons. The van der Waals surface area contributed by atoms with Gasteiger partial charge in [0, 0.05) is 15.1 Å². The zero-order valence-electron chi connectivity index (χ0n) is 7.79. The highest BCUT2D eigenvalue weighted by atomic mass is 79.9. The first-order valence-corrected chi connectivity index (χ1v) is 5.54. The molecule has 1 aromatic carbocycles. The van der Waals surface area contributed by atoms with Crippen LogP contribution < -0.4 is 5.73 Å². The number of nitrogens with two attached hydrogens (primary N) is 1. The minimum Gasteiger partial charge on any atom is -0.398 e. The first kappa shape index (κ1) is 14.5. The second-order valence-electron chi connectivity index (χ2n) is 2.89. The molecule has 2 N–H and O–H groups in total. The summed E-state index contributed by atoms with van der Waals surface area (Å²) in [6.45, 7) is 0. The Kier molecular flexibility index (Phi) is 3.92. The number of nitrogen functional groups attached to an aromatic ring is 1. The number of hydrogen-bond acceptors (Lipinski definition) is 2. The van der Waals surface area contributed by atoms with Crippen LogP contribution in [0.4, 0.5) is 32.0 Å². The van der Waals surface area contributed by atoms with Gasteiger partial charge in [0.05, 0.1) is 5.56 Å². The van der Waals surface area contributed by atoms with E-state index in [-0.39, 0.29) is 4.47 Å². The molecule has 0 bridgehead atoms. The molecule has 0 amide bonds. The van der Waals surface area contributed by atoms with Crippen molar-refractivity contribution in [3.63, 3.8) is 0 Å². The van der Waals surface area contributed by atoms with Gasteiger partial charge >= 0.3 is 11.7 Å². The van der Waals surface area contributed by atoms with Crippen molar-refractivity contribution in [1.29, 1.82) is 0 Å². The van der Waals surface area contributed by atoms with E-state index in [0.29, 0.717) is 0 Å². The summed E-state index contributed by atoms with van der Waals surface area (Å²) in [7, 11) is 0. The summed E-state index contributed by atoms with van der Waals surface area (Å²) >= 11 is 1.80. The number of rotatable bonds is 1. The van der Waals surface area contributed by atoms with E-state index in [4.69, 9.17) is 5.73 Å². The van der Waals surface area contributed by atoms with Crippen molar-refractivity contribution < 1.29 is 26.3 Å². The molecule has 0 atom stereocenters. The molecule has 0 aliphatic rings. The van der Waals surface area contributed by atoms with Gasteiger partial charge in [0.2, 0.25) is 0 Å². The number of alkyl halides is 6. The average Bonchev–Trinajstić information content (AvgIpc) is 2.06. The quantitative estimate of drug-likeness (QED) is 0.457. The molecule has 9 heteroatoms. The van der Waals surface area contributed by atoms with E-state index in [1.54, 1.807) is 0 Å². The lowest BCUT2D eigenvalue weighted by Crippen LogP contribution is -2.13. The summed E-state index contributed by atoms with van der Waals surface area (Å²) in [6, 6.07) is 1.94. The third-order valence-electron chi connectivity index (χ3n) is 1.64. The Bertz CT molecular complexity index is 427. The number of benzene rings is 1. The second-order valence-corrected chi connectivity index (χ2v) is 4.82. The van der Waals surface area contributed by atoms with Crippen molar-refractivity contribution in [2.24, 2.45) is 0 Å². The number of anilines is 1. The van der Waals surface area contributed by atoms with Crippen LogP contribution in [0.1, 0.15) is 5.56 Å². The number of halogens is 7. The Morgan fingerprint density at radius 3 is 2.00 bits per heavy atom. The van der Waals surface area contributed by atoms with Crippen LogP contribution in [0.15, 0.2) is 21.5 Å². The molecule has 0 saturated carbocycles. The van der Waals surface area contributed by atoms with Crippen LogP contribution >= 0.6 is 27.7 Å². The van der Waals surface area contributed by atoms with Gasteiger partial charge in [-0.05, 0) is 39.8 Å². The number of thioether (sulfide) groups is 1. The predicted molar refractivity (Wildman–Crippen MR) is 55.5 cm³/mol. The van der Waals surface area contributed by atoms with E-state index in [2.05, 4.69) is 15.9 Å². The Morgan fingerprint density at radius 1 is 1.06 bits per heavy atom. The van der Waals surface area contributed by atoms with Gasteiger partial charge in [-0.15, -0.1) is 0 Å². The molecule has 0 heterocycles. The fraction of sp³-hybridized carbons (Fsp3) is 0.250. The third kappa shape index (κ3) is 3.70. The molecule has 0 aliphatic carbocycles. The fourth-order valence-electron chi connectivity index (χ4n) is 1.08. The first-order chi connectivity index (χ1) is 7.52. The van der Waals surface area contributed by atoms with Gasteiger partial charge in [-0.1, -0.05) is 0 Å². The molecule has 1 aromatic rings.